The molecule has 23 heavy (non-hydrogen) atoms. The molecule has 5 nitrogen and oxygen atoms in total. The fourth-order valence-electron chi connectivity index (χ4n) is 2.94. The van der Waals surface area contributed by atoms with Crippen LogP contribution in [0.5, 0.6) is 0 Å². The van der Waals surface area contributed by atoms with Crippen molar-refractivity contribution in [3.05, 3.63) is 35.9 Å². The molecule has 5 heteroatoms. The minimum atomic E-state index is -0.924. The monoisotopic (exact) mass is 319 g/mol. The summed E-state index contributed by atoms with van der Waals surface area (Å²) >= 11 is 0. The Hall–Kier alpha value is -1.88. The highest BCUT2D eigenvalue weighted by Gasteiger charge is 2.27. The summed E-state index contributed by atoms with van der Waals surface area (Å²) in [5.74, 6) is -1.74. The van der Waals surface area contributed by atoms with Crippen LogP contribution in [0.3, 0.4) is 0 Å². The van der Waals surface area contributed by atoms with Crippen molar-refractivity contribution in [3.63, 3.8) is 0 Å². The smallest absolute Gasteiger partial charge is 0.308 e. The van der Waals surface area contributed by atoms with E-state index >= 15 is 0 Å². The Bertz CT molecular complexity index is 531. The average Bonchev–Trinajstić information content (AvgIpc) is 2.96. The summed E-state index contributed by atoms with van der Waals surface area (Å²) in [5.41, 5.74) is 0.807. The Morgan fingerprint density at radius 2 is 2.00 bits per heavy atom. The van der Waals surface area contributed by atoms with Crippen LogP contribution in [-0.4, -0.2) is 29.2 Å². The highest BCUT2D eigenvalue weighted by molar-refractivity contribution is 5.78. The van der Waals surface area contributed by atoms with Crippen molar-refractivity contribution in [2.24, 2.45) is 5.92 Å². The lowest BCUT2D eigenvalue weighted by Crippen LogP contribution is -2.35. The van der Waals surface area contributed by atoms with E-state index < -0.39 is 17.9 Å². The molecule has 4 atom stereocenters. The van der Waals surface area contributed by atoms with Gasteiger partial charge in [0.1, 0.15) is 0 Å². The Morgan fingerprint density at radius 1 is 1.30 bits per heavy atom. The van der Waals surface area contributed by atoms with E-state index in [1.54, 1.807) is 6.92 Å². The predicted octanol–water partition coefficient (Wildman–Crippen LogP) is 2.91. The minimum Gasteiger partial charge on any atom is -0.481 e. The maximum Gasteiger partial charge on any atom is 0.308 e. The first kappa shape index (κ1) is 17.5. The summed E-state index contributed by atoms with van der Waals surface area (Å²) in [7, 11) is 0. The predicted molar refractivity (Wildman–Crippen MR) is 86.9 cm³/mol. The Kier molecular flexibility index (Phi) is 6.16. The number of amides is 1. The normalized spacial score (nSPS) is 23.2. The molecule has 2 N–H and O–H groups in total. The zero-order chi connectivity index (χ0) is 16.8. The first-order chi connectivity index (χ1) is 11.0. The summed E-state index contributed by atoms with van der Waals surface area (Å²) < 4.78 is 5.71. The number of hydrogen-bond donors (Lipinski definition) is 2. The second kappa shape index (κ2) is 8.11. The lowest BCUT2D eigenvalue weighted by molar-refractivity contribution is -0.142. The van der Waals surface area contributed by atoms with E-state index in [1.807, 2.05) is 37.3 Å². The fraction of sp³-hybridized carbons (Fsp3) is 0.556. The van der Waals surface area contributed by atoms with E-state index in [2.05, 4.69) is 5.32 Å². The molecular weight excluding hydrogens is 294 g/mol. The van der Waals surface area contributed by atoms with E-state index in [4.69, 9.17) is 4.74 Å². The number of rotatable bonds is 7. The van der Waals surface area contributed by atoms with Crippen molar-refractivity contribution in [2.45, 2.75) is 57.8 Å². The molecule has 1 aliphatic rings. The Morgan fingerprint density at radius 3 is 2.57 bits per heavy atom. The van der Waals surface area contributed by atoms with E-state index in [-0.39, 0.29) is 18.1 Å². The average molecular weight is 319 g/mol. The molecule has 0 spiro atoms. The number of hydrogen-bond acceptors (Lipinski definition) is 3. The lowest BCUT2D eigenvalue weighted by Gasteiger charge is -2.23. The van der Waals surface area contributed by atoms with Gasteiger partial charge in [0.2, 0.25) is 5.91 Å². The molecule has 0 radical (unpaired) electrons. The number of carbonyl (C=O) groups is 2. The molecule has 0 unspecified atom stereocenters. The van der Waals surface area contributed by atoms with E-state index in [0.29, 0.717) is 12.8 Å². The number of aliphatic carboxylic acids is 1. The van der Waals surface area contributed by atoms with Crippen LogP contribution in [0.4, 0.5) is 0 Å². The van der Waals surface area contributed by atoms with Gasteiger partial charge in [0.15, 0.2) is 0 Å². The van der Waals surface area contributed by atoms with Crippen LogP contribution >= 0.6 is 0 Å². The molecule has 1 fully saturated rings. The molecule has 1 heterocycles. The van der Waals surface area contributed by atoms with Crippen molar-refractivity contribution in [1.82, 2.24) is 5.32 Å². The van der Waals surface area contributed by atoms with Crippen LogP contribution < -0.4 is 5.32 Å². The zero-order valence-corrected chi connectivity index (χ0v) is 13.7. The highest BCUT2D eigenvalue weighted by atomic mass is 16.5. The molecule has 0 aromatic heterocycles. The van der Waals surface area contributed by atoms with Gasteiger partial charge in [-0.15, -0.1) is 0 Å². The third-order valence-corrected chi connectivity index (χ3v) is 4.38. The van der Waals surface area contributed by atoms with Crippen molar-refractivity contribution >= 4 is 11.9 Å². The van der Waals surface area contributed by atoms with Crippen molar-refractivity contribution in [1.29, 1.82) is 0 Å². The van der Waals surface area contributed by atoms with Gasteiger partial charge in [-0.1, -0.05) is 30.3 Å². The van der Waals surface area contributed by atoms with Crippen LogP contribution in [0.15, 0.2) is 30.3 Å². The summed E-state index contributed by atoms with van der Waals surface area (Å²) in [4.78, 5) is 23.6. The summed E-state index contributed by atoms with van der Waals surface area (Å²) in [6.07, 6.45) is 3.47. The third-order valence-electron chi connectivity index (χ3n) is 4.38. The lowest BCUT2D eigenvalue weighted by atomic mass is 9.94. The van der Waals surface area contributed by atoms with Crippen LogP contribution in [0.1, 0.15) is 51.1 Å². The van der Waals surface area contributed by atoms with Gasteiger partial charge in [-0.2, -0.15) is 0 Å². The quantitative estimate of drug-likeness (QED) is 0.810. The molecule has 1 saturated heterocycles. The van der Waals surface area contributed by atoms with Gasteiger partial charge in [-0.05, 0) is 38.7 Å². The van der Waals surface area contributed by atoms with Gasteiger partial charge in [0.25, 0.3) is 0 Å². The standard InChI is InChI=1S/C18H25NO4/c1-12-8-9-15(23-12)10-11-16(20)19-17(13(2)18(21)22)14-6-4-3-5-7-14/h3-7,12-13,15,17H,8-11H2,1-2H3,(H,19,20)(H,21,22)/t12-,13+,15-,17-/m1/s1. The van der Waals surface area contributed by atoms with Crippen LogP contribution in [0, 0.1) is 5.92 Å². The molecule has 0 bridgehead atoms. The van der Waals surface area contributed by atoms with Crippen LogP contribution in [0.2, 0.25) is 0 Å². The SMILES string of the molecule is C[C@@H]1CC[C@H](CCC(=O)N[C@@H](c2ccccc2)[C@H](C)C(=O)O)O1. The minimum absolute atomic E-state index is 0.130. The number of ether oxygens (including phenoxy) is 1. The van der Waals surface area contributed by atoms with Crippen LogP contribution in [0.25, 0.3) is 0 Å². The van der Waals surface area contributed by atoms with Crippen LogP contribution in [-0.2, 0) is 14.3 Å². The Labute approximate surface area is 137 Å². The Balaban J connectivity index is 1.94. The molecule has 126 valence electrons. The zero-order valence-electron chi connectivity index (χ0n) is 13.7. The van der Waals surface area contributed by atoms with E-state index in [0.717, 1.165) is 18.4 Å². The van der Waals surface area contributed by atoms with Gasteiger partial charge in [-0.3, -0.25) is 9.59 Å². The van der Waals surface area contributed by atoms with E-state index in [9.17, 15) is 14.7 Å². The summed E-state index contributed by atoms with van der Waals surface area (Å²) in [6, 6.07) is 8.71. The largest absolute Gasteiger partial charge is 0.481 e. The topological polar surface area (TPSA) is 75.6 Å². The van der Waals surface area contributed by atoms with Gasteiger partial charge in [0.05, 0.1) is 24.2 Å². The molecule has 0 aliphatic carbocycles. The molecule has 1 aromatic rings. The molecular formula is C18H25NO4. The number of carboxylic acid groups (broad SMARTS) is 1. The van der Waals surface area contributed by atoms with Crippen molar-refractivity contribution < 1.29 is 19.4 Å². The summed E-state index contributed by atoms with van der Waals surface area (Å²) in [5, 5.41) is 12.2. The number of nitrogens with one attached hydrogen (secondary N) is 1. The third kappa shape index (κ3) is 5.06. The number of benzene rings is 1. The molecule has 1 aromatic carbocycles. The molecule has 1 amide bonds. The highest BCUT2D eigenvalue weighted by Crippen LogP contribution is 2.24. The summed E-state index contributed by atoms with van der Waals surface area (Å²) in [6.45, 7) is 3.65. The second-order valence-corrected chi connectivity index (χ2v) is 6.27. The van der Waals surface area contributed by atoms with Gasteiger partial charge >= 0.3 is 5.97 Å². The second-order valence-electron chi connectivity index (χ2n) is 6.27. The van der Waals surface area contributed by atoms with E-state index in [1.165, 1.54) is 0 Å². The van der Waals surface area contributed by atoms with Gasteiger partial charge in [0, 0.05) is 6.42 Å². The van der Waals surface area contributed by atoms with Gasteiger partial charge in [-0.25, -0.2) is 0 Å². The number of carbonyl (C=O) groups excluding carboxylic acids is 1. The molecule has 0 saturated carbocycles. The first-order valence-corrected chi connectivity index (χ1v) is 8.20. The molecule has 1 aliphatic heterocycles. The van der Waals surface area contributed by atoms with Crippen molar-refractivity contribution in [3.8, 4) is 0 Å². The van der Waals surface area contributed by atoms with Gasteiger partial charge < -0.3 is 15.2 Å². The fourth-order valence-corrected chi connectivity index (χ4v) is 2.94. The maximum absolute atomic E-state index is 12.2. The molecule has 2 rings (SSSR count). The first-order valence-electron chi connectivity index (χ1n) is 8.20. The number of carboxylic acids is 1. The van der Waals surface area contributed by atoms with Crippen molar-refractivity contribution in [2.75, 3.05) is 0 Å². The maximum atomic E-state index is 12.2.